The van der Waals surface area contributed by atoms with Crippen molar-refractivity contribution < 1.29 is 24.9 Å². The Balaban J connectivity index is -0.000000101. The van der Waals surface area contributed by atoms with Crippen molar-refractivity contribution in [2.75, 3.05) is 6.61 Å². The summed E-state index contributed by atoms with van der Waals surface area (Å²) >= 11 is 0. The van der Waals surface area contributed by atoms with E-state index in [2.05, 4.69) is 0 Å². The molecule has 0 bridgehead atoms. The smallest absolute Gasteiger partial charge is 0.300 e. The molecular formula is C7H16O5. The van der Waals surface area contributed by atoms with Crippen LogP contribution in [0.1, 0.15) is 27.2 Å². The molecule has 0 aromatic heterocycles. The predicted molar refractivity (Wildman–Crippen MR) is 44.0 cm³/mol. The maximum atomic E-state index is 9.00. The molecule has 3 N–H and O–H groups in total. The molecule has 5 nitrogen and oxygen atoms in total. The van der Waals surface area contributed by atoms with Crippen LogP contribution in [0.3, 0.4) is 0 Å². The highest BCUT2D eigenvalue weighted by molar-refractivity contribution is 5.63. The number of hydrogen-bond donors (Lipinski definition) is 3. The van der Waals surface area contributed by atoms with Gasteiger partial charge >= 0.3 is 0 Å². The minimum atomic E-state index is -0.833. The van der Waals surface area contributed by atoms with E-state index >= 15 is 0 Å². The summed E-state index contributed by atoms with van der Waals surface area (Å²) in [5.41, 5.74) is 0. The molecule has 0 aliphatic rings. The first-order valence-corrected chi connectivity index (χ1v) is 3.38. The highest BCUT2D eigenvalue weighted by Crippen LogP contribution is 1.61. The Bertz CT molecular complexity index is 88.4. The molecule has 0 atom stereocenters. The normalized spacial score (nSPS) is 6.67. The molecule has 0 aliphatic heterocycles. The summed E-state index contributed by atoms with van der Waals surface area (Å²) in [7, 11) is 0. The van der Waals surface area contributed by atoms with E-state index in [1.54, 1.807) is 0 Å². The van der Waals surface area contributed by atoms with Crippen molar-refractivity contribution in [3.63, 3.8) is 0 Å². The monoisotopic (exact) mass is 180 g/mol. The first kappa shape index (κ1) is 17.1. The largest absolute Gasteiger partial charge is 0.481 e. The third-order valence-corrected chi connectivity index (χ3v) is 0.224. The van der Waals surface area contributed by atoms with Crippen molar-refractivity contribution >= 4 is 11.9 Å². The molecule has 0 aromatic carbocycles. The van der Waals surface area contributed by atoms with E-state index in [1.165, 1.54) is 0 Å². The van der Waals surface area contributed by atoms with Crippen molar-refractivity contribution in [3.05, 3.63) is 0 Å². The van der Waals surface area contributed by atoms with Crippen LogP contribution in [-0.2, 0) is 9.59 Å². The zero-order valence-electron chi connectivity index (χ0n) is 7.57. The lowest BCUT2D eigenvalue weighted by Gasteiger charge is -1.69. The van der Waals surface area contributed by atoms with E-state index in [0.29, 0.717) is 6.61 Å². The molecule has 5 heteroatoms. The Morgan fingerprint density at radius 1 is 1.08 bits per heavy atom. The summed E-state index contributed by atoms with van der Waals surface area (Å²) in [4.78, 5) is 18.0. The van der Waals surface area contributed by atoms with Gasteiger partial charge < -0.3 is 15.3 Å². The van der Waals surface area contributed by atoms with E-state index in [1.807, 2.05) is 6.92 Å². The average molecular weight is 180 g/mol. The van der Waals surface area contributed by atoms with Crippen LogP contribution >= 0.6 is 0 Å². The number of carbonyl (C=O) groups is 2. The minimum Gasteiger partial charge on any atom is -0.481 e. The Hall–Kier alpha value is -1.10. The van der Waals surface area contributed by atoms with Gasteiger partial charge in [-0.2, -0.15) is 0 Å². The van der Waals surface area contributed by atoms with E-state index < -0.39 is 11.9 Å². The Morgan fingerprint density at radius 3 is 1.17 bits per heavy atom. The second-order valence-electron chi connectivity index (χ2n) is 1.76. The Labute approximate surface area is 71.6 Å². The van der Waals surface area contributed by atoms with Crippen molar-refractivity contribution in [2.24, 2.45) is 0 Å². The molecule has 0 rings (SSSR count). The fraction of sp³-hybridized carbons (Fsp3) is 0.714. The first-order valence-electron chi connectivity index (χ1n) is 3.38. The van der Waals surface area contributed by atoms with Crippen LogP contribution in [0.5, 0.6) is 0 Å². The van der Waals surface area contributed by atoms with E-state index in [0.717, 1.165) is 20.3 Å². The van der Waals surface area contributed by atoms with Crippen molar-refractivity contribution in [2.45, 2.75) is 27.2 Å². The maximum Gasteiger partial charge on any atom is 0.300 e. The lowest BCUT2D eigenvalue weighted by atomic mass is 10.5. The molecule has 0 radical (unpaired) electrons. The van der Waals surface area contributed by atoms with Gasteiger partial charge in [0.25, 0.3) is 11.9 Å². The summed E-state index contributed by atoms with van der Waals surface area (Å²) in [6, 6.07) is 0. The van der Waals surface area contributed by atoms with Crippen molar-refractivity contribution in [1.82, 2.24) is 0 Å². The van der Waals surface area contributed by atoms with Gasteiger partial charge in [-0.05, 0) is 6.42 Å². The molecule has 0 fully saturated rings. The molecule has 0 aromatic rings. The van der Waals surface area contributed by atoms with Gasteiger partial charge in [0.05, 0.1) is 0 Å². The first-order chi connectivity index (χ1) is 5.38. The topological polar surface area (TPSA) is 94.8 Å². The highest BCUT2D eigenvalue weighted by Gasteiger charge is 1.65. The fourth-order valence-corrected chi connectivity index (χ4v) is 0. The molecule has 0 saturated carbocycles. The second kappa shape index (κ2) is 16.5. The van der Waals surface area contributed by atoms with Gasteiger partial charge in [-0.1, -0.05) is 6.92 Å². The lowest BCUT2D eigenvalue weighted by molar-refractivity contribution is -0.135. The maximum absolute atomic E-state index is 9.00. The number of carboxylic acid groups (broad SMARTS) is 2. The van der Waals surface area contributed by atoms with Crippen LogP contribution in [0.25, 0.3) is 0 Å². The Morgan fingerprint density at radius 2 is 1.17 bits per heavy atom. The molecule has 0 amide bonds. The second-order valence-corrected chi connectivity index (χ2v) is 1.76. The summed E-state index contributed by atoms with van der Waals surface area (Å²) < 4.78 is 0. The number of aliphatic hydroxyl groups excluding tert-OH is 1. The molecule has 0 heterocycles. The third-order valence-electron chi connectivity index (χ3n) is 0.224. The molecule has 12 heavy (non-hydrogen) atoms. The number of carboxylic acids is 2. The van der Waals surface area contributed by atoms with Gasteiger partial charge in [-0.3, -0.25) is 9.59 Å². The summed E-state index contributed by atoms with van der Waals surface area (Å²) in [5, 5.41) is 22.7. The van der Waals surface area contributed by atoms with Crippen molar-refractivity contribution in [1.29, 1.82) is 0 Å². The average Bonchev–Trinajstić information content (AvgIpc) is 1.85. The van der Waals surface area contributed by atoms with Gasteiger partial charge in [-0.15, -0.1) is 0 Å². The molecular weight excluding hydrogens is 164 g/mol. The van der Waals surface area contributed by atoms with Crippen LogP contribution < -0.4 is 0 Å². The summed E-state index contributed by atoms with van der Waals surface area (Å²) in [6.07, 6.45) is 0.875. The molecule has 0 saturated heterocycles. The zero-order chi connectivity index (χ0) is 10.6. The number of aliphatic carboxylic acids is 2. The molecule has 0 unspecified atom stereocenters. The zero-order valence-corrected chi connectivity index (χ0v) is 7.57. The van der Waals surface area contributed by atoms with E-state index in [9.17, 15) is 0 Å². The van der Waals surface area contributed by atoms with Gasteiger partial charge in [0.2, 0.25) is 0 Å². The van der Waals surface area contributed by atoms with Gasteiger partial charge in [0.1, 0.15) is 0 Å². The van der Waals surface area contributed by atoms with E-state index in [4.69, 9.17) is 24.9 Å². The van der Waals surface area contributed by atoms with Crippen LogP contribution in [-0.4, -0.2) is 33.9 Å². The SMILES string of the molecule is CC(=O)O.CC(=O)O.CCCO. The van der Waals surface area contributed by atoms with Gasteiger partial charge in [0, 0.05) is 20.5 Å². The molecule has 0 aliphatic carbocycles. The molecule has 74 valence electrons. The lowest BCUT2D eigenvalue weighted by Crippen LogP contribution is -1.78. The third kappa shape index (κ3) is 55500. The summed E-state index contributed by atoms with van der Waals surface area (Å²) in [6.45, 7) is 4.42. The van der Waals surface area contributed by atoms with Gasteiger partial charge in [-0.25, -0.2) is 0 Å². The van der Waals surface area contributed by atoms with Crippen molar-refractivity contribution in [3.8, 4) is 0 Å². The number of aliphatic hydroxyl groups is 1. The Kier molecular flexibility index (Phi) is 23.5. The predicted octanol–water partition coefficient (Wildman–Crippen LogP) is 0.570. The van der Waals surface area contributed by atoms with Crippen LogP contribution in [0, 0.1) is 0 Å². The van der Waals surface area contributed by atoms with E-state index in [-0.39, 0.29) is 0 Å². The van der Waals surface area contributed by atoms with Crippen LogP contribution in [0.15, 0.2) is 0 Å². The fourth-order valence-electron chi connectivity index (χ4n) is 0. The number of hydrogen-bond acceptors (Lipinski definition) is 3. The molecule has 0 spiro atoms. The van der Waals surface area contributed by atoms with Crippen LogP contribution in [0.2, 0.25) is 0 Å². The highest BCUT2D eigenvalue weighted by atomic mass is 16.4. The standard InChI is InChI=1S/C3H8O.2C2H4O2/c1-2-3-4;2*1-2(3)4/h4H,2-3H2,1H3;2*1H3,(H,3,4). The quantitative estimate of drug-likeness (QED) is 0.548. The van der Waals surface area contributed by atoms with Gasteiger partial charge in [0.15, 0.2) is 0 Å². The summed E-state index contributed by atoms with van der Waals surface area (Å²) in [5.74, 6) is -1.67. The minimum absolute atomic E-state index is 0.319. The van der Waals surface area contributed by atoms with Crippen LogP contribution in [0.4, 0.5) is 0 Å². The number of rotatable bonds is 1.